The summed E-state index contributed by atoms with van der Waals surface area (Å²) in [5, 5.41) is 0. The fourth-order valence-corrected chi connectivity index (χ4v) is 1.45. The van der Waals surface area contributed by atoms with Crippen LogP contribution in [0.2, 0.25) is 0 Å². The normalized spacial score (nSPS) is 15.8. The van der Waals surface area contributed by atoms with Gasteiger partial charge in [0.25, 0.3) is 0 Å². The van der Waals surface area contributed by atoms with E-state index in [2.05, 4.69) is 29.0 Å². The summed E-state index contributed by atoms with van der Waals surface area (Å²) in [6.07, 6.45) is 4.65. The molecule has 5 nitrogen and oxygen atoms in total. The molecule has 1 aromatic heterocycles. The molecule has 1 fully saturated rings. The van der Waals surface area contributed by atoms with Gasteiger partial charge in [0.15, 0.2) is 0 Å². The van der Waals surface area contributed by atoms with Crippen molar-refractivity contribution in [1.82, 2.24) is 14.9 Å². The van der Waals surface area contributed by atoms with E-state index >= 15 is 0 Å². The number of nitrogens with zero attached hydrogens (tertiary/aromatic N) is 4. The van der Waals surface area contributed by atoms with Crippen molar-refractivity contribution in [1.29, 1.82) is 0 Å². The van der Waals surface area contributed by atoms with Gasteiger partial charge in [-0.3, -0.25) is 0 Å². The van der Waals surface area contributed by atoms with Gasteiger partial charge in [0, 0.05) is 39.1 Å². The number of ether oxygens (including phenoxy) is 1. The lowest BCUT2D eigenvalue weighted by Crippen LogP contribution is -2.27. The molecule has 1 aromatic rings. The van der Waals surface area contributed by atoms with Gasteiger partial charge in [-0.1, -0.05) is 27.7 Å². The van der Waals surface area contributed by atoms with E-state index in [0.29, 0.717) is 6.04 Å². The number of hydrogen-bond donors (Lipinski definition) is 0. The van der Waals surface area contributed by atoms with Gasteiger partial charge < -0.3 is 14.5 Å². The lowest BCUT2D eigenvalue weighted by Gasteiger charge is -2.15. The second-order valence-electron chi connectivity index (χ2n) is 4.42. The van der Waals surface area contributed by atoms with Crippen molar-refractivity contribution in [3.8, 4) is 0 Å². The van der Waals surface area contributed by atoms with Gasteiger partial charge in [0.2, 0.25) is 5.95 Å². The molecule has 5 heteroatoms. The molecule has 2 heterocycles. The zero-order chi connectivity index (χ0) is 16.7. The number of anilines is 1. The summed E-state index contributed by atoms with van der Waals surface area (Å²) in [5.74, 6) is 0.748. The molecule has 1 unspecified atom stereocenters. The summed E-state index contributed by atoms with van der Waals surface area (Å²) in [5.41, 5.74) is 0. The third-order valence-electron chi connectivity index (χ3n) is 2.59. The standard InChI is InChI=1S/C6H9N3.C6H13NO.2C2H6/c1-9(2)6-7-4-3-5-8-6;1-7(2)6-3-4-8-5-6;2*1-2/h3-5H,1-2H3;6H,3-5H2,1-2H3;2*1-2H3. The third-order valence-corrected chi connectivity index (χ3v) is 2.59. The maximum absolute atomic E-state index is 5.18. The molecule has 0 radical (unpaired) electrons. The van der Waals surface area contributed by atoms with Crippen LogP contribution >= 0.6 is 0 Å². The van der Waals surface area contributed by atoms with Crippen molar-refractivity contribution >= 4 is 5.95 Å². The van der Waals surface area contributed by atoms with Crippen molar-refractivity contribution in [3.63, 3.8) is 0 Å². The third kappa shape index (κ3) is 11.2. The molecule has 124 valence electrons. The second-order valence-corrected chi connectivity index (χ2v) is 4.42. The molecule has 0 spiro atoms. The summed E-state index contributed by atoms with van der Waals surface area (Å²) in [4.78, 5) is 12.1. The Morgan fingerprint density at radius 2 is 1.52 bits per heavy atom. The first-order valence-corrected chi connectivity index (χ1v) is 7.79. The van der Waals surface area contributed by atoms with Crippen LogP contribution in [0.1, 0.15) is 34.1 Å². The Labute approximate surface area is 131 Å². The van der Waals surface area contributed by atoms with Gasteiger partial charge in [0.05, 0.1) is 6.61 Å². The maximum Gasteiger partial charge on any atom is 0.224 e. The van der Waals surface area contributed by atoms with Gasteiger partial charge in [-0.15, -0.1) is 0 Å². The van der Waals surface area contributed by atoms with Crippen molar-refractivity contribution in [2.24, 2.45) is 0 Å². The SMILES string of the molecule is CC.CC.CN(C)C1CCOC1.CN(C)c1ncccn1. The molecule has 2 rings (SSSR count). The Morgan fingerprint density at radius 3 is 1.76 bits per heavy atom. The average Bonchev–Trinajstić information content (AvgIpc) is 3.07. The molecular formula is C16H34N4O. The van der Waals surface area contributed by atoms with E-state index in [9.17, 15) is 0 Å². The minimum atomic E-state index is 0.676. The zero-order valence-electron chi connectivity index (χ0n) is 15.1. The highest BCUT2D eigenvalue weighted by molar-refractivity contribution is 5.24. The molecule has 0 amide bonds. The summed E-state index contributed by atoms with van der Waals surface area (Å²) in [6, 6.07) is 2.47. The van der Waals surface area contributed by atoms with Crippen LogP contribution in [0.4, 0.5) is 5.95 Å². The molecule has 1 saturated heterocycles. The molecule has 1 aliphatic heterocycles. The molecule has 0 saturated carbocycles. The second kappa shape index (κ2) is 15.2. The fourth-order valence-electron chi connectivity index (χ4n) is 1.45. The molecular weight excluding hydrogens is 264 g/mol. The van der Waals surface area contributed by atoms with E-state index in [1.54, 1.807) is 18.5 Å². The maximum atomic E-state index is 5.18. The number of rotatable bonds is 2. The first-order valence-electron chi connectivity index (χ1n) is 7.79. The average molecular weight is 298 g/mol. The van der Waals surface area contributed by atoms with Gasteiger partial charge in [-0.05, 0) is 26.6 Å². The summed E-state index contributed by atoms with van der Waals surface area (Å²) in [6.45, 7) is 9.87. The molecule has 0 aliphatic carbocycles. The van der Waals surface area contributed by atoms with Crippen LogP contribution < -0.4 is 4.90 Å². The molecule has 1 aliphatic rings. The number of likely N-dealkylation sites (N-methyl/N-ethyl adjacent to an activating group) is 1. The Balaban J connectivity index is 0. The van der Waals surface area contributed by atoms with Crippen LogP contribution in [-0.4, -0.2) is 62.3 Å². The van der Waals surface area contributed by atoms with E-state index in [0.717, 1.165) is 19.2 Å². The van der Waals surface area contributed by atoms with Gasteiger partial charge in [-0.25, -0.2) is 9.97 Å². The quantitative estimate of drug-likeness (QED) is 0.839. The number of aromatic nitrogens is 2. The minimum Gasteiger partial charge on any atom is -0.380 e. The van der Waals surface area contributed by atoms with Crippen LogP contribution in [-0.2, 0) is 4.74 Å². The molecule has 0 N–H and O–H groups in total. The van der Waals surface area contributed by atoms with Gasteiger partial charge in [-0.2, -0.15) is 0 Å². The lowest BCUT2D eigenvalue weighted by atomic mass is 10.2. The highest BCUT2D eigenvalue weighted by atomic mass is 16.5. The number of hydrogen-bond acceptors (Lipinski definition) is 5. The van der Waals surface area contributed by atoms with Crippen LogP contribution in [0.15, 0.2) is 18.5 Å². The first kappa shape index (κ1) is 22.1. The van der Waals surface area contributed by atoms with Crippen molar-refractivity contribution in [2.75, 3.05) is 46.3 Å². The van der Waals surface area contributed by atoms with E-state index in [-0.39, 0.29) is 0 Å². The molecule has 1 atom stereocenters. The minimum absolute atomic E-state index is 0.676. The highest BCUT2D eigenvalue weighted by Crippen LogP contribution is 2.07. The van der Waals surface area contributed by atoms with Gasteiger partial charge >= 0.3 is 0 Å². The monoisotopic (exact) mass is 298 g/mol. The van der Waals surface area contributed by atoms with Crippen molar-refractivity contribution in [3.05, 3.63) is 18.5 Å². The Bertz CT molecular complexity index is 298. The summed E-state index contributed by atoms with van der Waals surface area (Å²) >= 11 is 0. The Morgan fingerprint density at radius 1 is 1.00 bits per heavy atom. The molecule has 0 aromatic carbocycles. The van der Waals surface area contributed by atoms with E-state index in [1.165, 1.54) is 6.42 Å². The van der Waals surface area contributed by atoms with Crippen LogP contribution in [0.5, 0.6) is 0 Å². The van der Waals surface area contributed by atoms with E-state index in [4.69, 9.17) is 4.74 Å². The van der Waals surface area contributed by atoms with Crippen LogP contribution in [0.3, 0.4) is 0 Å². The lowest BCUT2D eigenvalue weighted by molar-refractivity contribution is 0.170. The Hall–Kier alpha value is -1.20. The zero-order valence-corrected chi connectivity index (χ0v) is 15.1. The predicted octanol–water partition coefficient (Wildman–Crippen LogP) is 2.93. The fraction of sp³-hybridized carbons (Fsp3) is 0.750. The predicted molar refractivity (Wildman–Crippen MR) is 92.0 cm³/mol. The van der Waals surface area contributed by atoms with Gasteiger partial charge in [0.1, 0.15) is 0 Å². The summed E-state index contributed by atoms with van der Waals surface area (Å²) < 4.78 is 5.18. The van der Waals surface area contributed by atoms with Crippen molar-refractivity contribution in [2.45, 2.75) is 40.2 Å². The van der Waals surface area contributed by atoms with Crippen LogP contribution in [0, 0.1) is 0 Å². The van der Waals surface area contributed by atoms with E-state index < -0.39 is 0 Å². The smallest absolute Gasteiger partial charge is 0.224 e. The molecule has 21 heavy (non-hydrogen) atoms. The highest BCUT2D eigenvalue weighted by Gasteiger charge is 2.16. The van der Waals surface area contributed by atoms with E-state index in [1.807, 2.05) is 46.7 Å². The first-order chi connectivity index (χ1) is 10.1. The topological polar surface area (TPSA) is 41.5 Å². The summed E-state index contributed by atoms with van der Waals surface area (Å²) in [7, 11) is 8.02. The Kier molecular flexibility index (Phi) is 16.0. The van der Waals surface area contributed by atoms with Crippen LogP contribution in [0.25, 0.3) is 0 Å². The molecule has 0 bridgehead atoms. The largest absolute Gasteiger partial charge is 0.380 e. The van der Waals surface area contributed by atoms with Crippen molar-refractivity contribution < 1.29 is 4.74 Å².